The summed E-state index contributed by atoms with van der Waals surface area (Å²) in [7, 11) is 0. The van der Waals surface area contributed by atoms with Gasteiger partial charge in [-0.05, 0) is 18.8 Å². The first-order valence-corrected chi connectivity index (χ1v) is 8.43. The van der Waals surface area contributed by atoms with Crippen LogP contribution in [0.15, 0.2) is 0 Å². The van der Waals surface area contributed by atoms with Gasteiger partial charge in [-0.3, -0.25) is 4.79 Å². The van der Waals surface area contributed by atoms with Crippen molar-refractivity contribution in [3.63, 3.8) is 0 Å². The van der Waals surface area contributed by atoms with Crippen LogP contribution in [0.4, 0.5) is 0 Å². The molecule has 0 radical (unpaired) electrons. The number of carbonyl (C=O) groups excluding carboxylic acids is 2. The van der Waals surface area contributed by atoms with E-state index in [2.05, 4.69) is 6.92 Å². The van der Waals surface area contributed by atoms with Crippen LogP contribution in [0, 0.1) is 11.8 Å². The van der Waals surface area contributed by atoms with Crippen LogP contribution in [-0.2, 0) is 9.59 Å². The molecular formula is C17H30O4. The van der Waals surface area contributed by atoms with E-state index in [0.717, 1.165) is 19.1 Å². The standard InChI is InChI=1S/C17H30O4/c1-2-3-4-5-6-7-8-13(19)9-10-14-15(12-18)17(21)11-16(14)20/h12,14-17,20-21H,2-11H2,1H3/t14-,15+,16-,17+/m1/s1. The van der Waals surface area contributed by atoms with E-state index in [4.69, 9.17) is 0 Å². The molecule has 21 heavy (non-hydrogen) atoms. The van der Waals surface area contributed by atoms with Gasteiger partial charge in [-0.15, -0.1) is 0 Å². The smallest absolute Gasteiger partial charge is 0.132 e. The highest BCUT2D eigenvalue weighted by Crippen LogP contribution is 2.34. The zero-order valence-corrected chi connectivity index (χ0v) is 13.2. The van der Waals surface area contributed by atoms with E-state index in [1.165, 1.54) is 25.7 Å². The summed E-state index contributed by atoms with van der Waals surface area (Å²) in [5.74, 6) is -0.559. The topological polar surface area (TPSA) is 74.6 Å². The molecule has 4 atom stereocenters. The van der Waals surface area contributed by atoms with Crippen molar-refractivity contribution in [2.75, 3.05) is 0 Å². The number of Topliss-reactive ketones (excluding diaryl/α,β-unsaturated/α-hetero) is 1. The van der Waals surface area contributed by atoms with Crippen LogP contribution in [0.3, 0.4) is 0 Å². The summed E-state index contributed by atoms with van der Waals surface area (Å²) >= 11 is 0. The van der Waals surface area contributed by atoms with Gasteiger partial charge in [-0.2, -0.15) is 0 Å². The molecule has 4 nitrogen and oxygen atoms in total. The first-order valence-electron chi connectivity index (χ1n) is 8.43. The number of hydrogen-bond acceptors (Lipinski definition) is 4. The Kier molecular flexibility index (Phi) is 8.77. The lowest BCUT2D eigenvalue weighted by atomic mass is 9.89. The lowest BCUT2D eigenvalue weighted by Gasteiger charge is -2.18. The summed E-state index contributed by atoms with van der Waals surface area (Å²) < 4.78 is 0. The van der Waals surface area contributed by atoms with E-state index in [1.54, 1.807) is 0 Å². The molecule has 0 aliphatic heterocycles. The van der Waals surface area contributed by atoms with Crippen LogP contribution in [0.1, 0.15) is 71.1 Å². The Labute approximate surface area is 127 Å². The van der Waals surface area contributed by atoms with Gasteiger partial charge in [0, 0.05) is 25.2 Å². The van der Waals surface area contributed by atoms with Crippen molar-refractivity contribution in [1.29, 1.82) is 0 Å². The lowest BCUT2D eigenvalue weighted by molar-refractivity contribution is -0.120. The lowest BCUT2D eigenvalue weighted by Crippen LogP contribution is -2.24. The average molecular weight is 298 g/mol. The Morgan fingerprint density at radius 3 is 2.38 bits per heavy atom. The molecule has 0 aromatic rings. The summed E-state index contributed by atoms with van der Waals surface area (Å²) in [6.07, 6.45) is 8.07. The third-order valence-electron chi connectivity index (χ3n) is 4.64. The fourth-order valence-corrected chi connectivity index (χ4v) is 3.25. The first kappa shape index (κ1) is 18.3. The zero-order chi connectivity index (χ0) is 15.7. The molecule has 1 saturated carbocycles. The number of carbonyl (C=O) groups is 2. The van der Waals surface area contributed by atoms with Gasteiger partial charge >= 0.3 is 0 Å². The van der Waals surface area contributed by atoms with Crippen LogP contribution in [-0.4, -0.2) is 34.5 Å². The minimum absolute atomic E-state index is 0.212. The molecule has 1 fully saturated rings. The van der Waals surface area contributed by atoms with Crippen molar-refractivity contribution in [1.82, 2.24) is 0 Å². The fourth-order valence-electron chi connectivity index (χ4n) is 3.25. The quantitative estimate of drug-likeness (QED) is 0.454. The molecule has 0 bridgehead atoms. The molecular weight excluding hydrogens is 268 g/mol. The summed E-state index contributed by atoms with van der Waals surface area (Å²) in [4.78, 5) is 22.8. The molecule has 1 aliphatic rings. The minimum Gasteiger partial charge on any atom is -0.393 e. The number of rotatable bonds is 11. The highest BCUT2D eigenvalue weighted by atomic mass is 16.3. The second-order valence-corrected chi connectivity index (χ2v) is 6.34. The third-order valence-corrected chi connectivity index (χ3v) is 4.64. The number of hydrogen-bond donors (Lipinski definition) is 2. The molecule has 0 saturated heterocycles. The fraction of sp³-hybridized carbons (Fsp3) is 0.882. The summed E-state index contributed by atoms with van der Waals surface area (Å²) in [5.41, 5.74) is 0. The van der Waals surface area contributed by atoms with Crippen molar-refractivity contribution in [3.05, 3.63) is 0 Å². The zero-order valence-electron chi connectivity index (χ0n) is 13.2. The Morgan fingerprint density at radius 2 is 1.71 bits per heavy atom. The number of aldehydes is 1. The van der Waals surface area contributed by atoms with E-state index >= 15 is 0 Å². The average Bonchev–Trinajstić information content (AvgIpc) is 2.73. The Hall–Kier alpha value is -0.740. The van der Waals surface area contributed by atoms with Crippen molar-refractivity contribution < 1.29 is 19.8 Å². The largest absolute Gasteiger partial charge is 0.393 e. The van der Waals surface area contributed by atoms with Gasteiger partial charge in [0.05, 0.1) is 12.2 Å². The van der Waals surface area contributed by atoms with E-state index < -0.39 is 18.1 Å². The van der Waals surface area contributed by atoms with Crippen LogP contribution >= 0.6 is 0 Å². The molecule has 2 N–H and O–H groups in total. The van der Waals surface area contributed by atoms with Gasteiger partial charge in [-0.25, -0.2) is 0 Å². The van der Waals surface area contributed by atoms with Gasteiger partial charge in [0.15, 0.2) is 0 Å². The molecule has 4 heteroatoms. The van der Waals surface area contributed by atoms with Crippen molar-refractivity contribution in [2.45, 2.75) is 83.3 Å². The second kappa shape index (κ2) is 10.1. The van der Waals surface area contributed by atoms with E-state index in [1.807, 2.05) is 0 Å². The van der Waals surface area contributed by atoms with Crippen molar-refractivity contribution in [3.8, 4) is 0 Å². The minimum atomic E-state index is -0.754. The van der Waals surface area contributed by atoms with Crippen molar-refractivity contribution >= 4 is 12.1 Å². The summed E-state index contributed by atoms with van der Waals surface area (Å²) in [6, 6.07) is 0. The molecule has 1 rings (SSSR count). The molecule has 0 heterocycles. The van der Waals surface area contributed by atoms with Gasteiger partial charge < -0.3 is 15.0 Å². The molecule has 1 aliphatic carbocycles. The SMILES string of the molecule is CCCCCCCCC(=O)CC[C@@H]1[C@H](C=O)[C@@H](O)C[C@H]1O. The second-order valence-electron chi connectivity index (χ2n) is 6.34. The van der Waals surface area contributed by atoms with Crippen LogP contribution in [0.5, 0.6) is 0 Å². The number of unbranched alkanes of at least 4 members (excludes halogenated alkanes) is 5. The van der Waals surface area contributed by atoms with Crippen molar-refractivity contribution in [2.24, 2.45) is 11.8 Å². The third kappa shape index (κ3) is 6.27. The number of aliphatic hydroxyl groups is 2. The molecule has 0 unspecified atom stereocenters. The Bertz CT molecular complexity index is 316. The molecule has 0 aromatic carbocycles. The van der Waals surface area contributed by atoms with Gasteiger partial charge in [0.1, 0.15) is 12.1 Å². The van der Waals surface area contributed by atoms with Gasteiger partial charge in [0.2, 0.25) is 0 Å². The Morgan fingerprint density at radius 1 is 1.05 bits per heavy atom. The number of ketones is 1. The molecule has 0 amide bonds. The first-order chi connectivity index (χ1) is 10.1. The van der Waals surface area contributed by atoms with Gasteiger partial charge in [0.25, 0.3) is 0 Å². The Balaban J connectivity index is 2.16. The molecule has 0 aromatic heterocycles. The summed E-state index contributed by atoms with van der Waals surface area (Å²) in [5, 5.41) is 19.5. The maximum absolute atomic E-state index is 11.8. The molecule has 122 valence electrons. The summed E-state index contributed by atoms with van der Waals surface area (Å²) in [6.45, 7) is 2.19. The normalized spacial score (nSPS) is 28.7. The van der Waals surface area contributed by atoms with Crippen LogP contribution in [0.25, 0.3) is 0 Å². The van der Waals surface area contributed by atoms with Crippen LogP contribution in [0.2, 0.25) is 0 Å². The van der Waals surface area contributed by atoms with E-state index in [0.29, 0.717) is 19.3 Å². The highest BCUT2D eigenvalue weighted by Gasteiger charge is 2.41. The monoisotopic (exact) mass is 298 g/mol. The predicted octanol–water partition coefficient (Wildman–Crippen LogP) is 2.64. The van der Waals surface area contributed by atoms with E-state index in [9.17, 15) is 19.8 Å². The van der Waals surface area contributed by atoms with E-state index in [-0.39, 0.29) is 18.1 Å². The maximum atomic E-state index is 11.8. The maximum Gasteiger partial charge on any atom is 0.132 e. The predicted molar refractivity (Wildman–Crippen MR) is 81.9 cm³/mol. The highest BCUT2D eigenvalue weighted by molar-refractivity contribution is 5.78. The van der Waals surface area contributed by atoms with Crippen LogP contribution < -0.4 is 0 Å². The number of aliphatic hydroxyl groups excluding tert-OH is 2. The van der Waals surface area contributed by atoms with Gasteiger partial charge in [-0.1, -0.05) is 39.0 Å². The molecule has 0 spiro atoms.